The van der Waals surface area contributed by atoms with Crippen molar-refractivity contribution in [1.29, 1.82) is 0 Å². The summed E-state index contributed by atoms with van der Waals surface area (Å²) in [6.07, 6.45) is 0. The van der Waals surface area contributed by atoms with E-state index >= 15 is 0 Å². The van der Waals surface area contributed by atoms with Gasteiger partial charge < -0.3 is 10.1 Å². The first-order chi connectivity index (χ1) is 9.34. The summed E-state index contributed by atoms with van der Waals surface area (Å²) in [6, 6.07) is 15.8. The minimum absolute atomic E-state index is 0.0951. The SMILES string of the molecule is O=C1NC[C@@H]2c3ccccc3Oc3ccccc3[C@@H]12. The molecule has 2 atom stereocenters. The highest BCUT2D eigenvalue weighted by molar-refractivity contribution is 5.88. The van der Waals surface area contributed by atoms with Gasteiger partial charge in [-0.2, -0.15) is 0 Å². The maximum Gasteiger partial charge on any atom is 0.228 e. The summed E-state index contributed by atoms with van der Waals surface area (Å²) in [5, 5.41) is 2.98. The van der Waals surface area contributed by atoms with Crippen molar-refractivity contribution in [3.05, 3.63) is 59.7 Å². The van der Waals surface area contributed by atoms with Gasteiger partial charge in [-0.3, -0.25) is 4.79 Å². The van der Waals surface area contributed by atoms with Gasteiger partial charge in [0.1, 0.15) is 11.5 Å². The normalized spacial score (nSPS) is 23.5. The van der Waals surface area contributed by atoms with Crippen LogP contribution < -0.4 is 10.1 Å². The first-order valence-corrected chi connectivity index (χ1v) is 6.48. The minimum atomic E-state index is -0.139. The Kier molecular flexibility index (Phi) is 2.15. The molecular formula is C16H13NO2. The van der Waals surface area contributed by atoms with Gasteiger partial charge in [0.15, 0.2) is 0 Å². The van der Waals surface area contributed by atoms with Crippen LogP contribution in [0.2, 0.25) is 0 Å². The van der Waals surface area contributed by atoms with E-state index in [4.69, 9.17) is 4.74 Å². The smallest absolute Gasteiger partial charge is 0.228 e. The Hall–Kier alpha value is -2.29. The topological polar surface area (TPSA) is 38.3 Å². The van der Waals surface area contributed by atoms with Crippen molar-refractivity contribution in [1.82, 2.24) is 5.32 Å². The number of para-hydroxylation sites is 2. The van der Waals surface area contributed by atoms with E-state index < -0.39 is 0 Å². The quantitative estimate of drug-likeness (QED) is 0.782. The van der Waals surface area contributed by atoms with E-state index in [1.807, 2.05) is 42.5 Å². The molecule has 4 rings (SSSR count). The maximum atomic E-state index is 12.2. The number of nitrogens with one attached hydrogen (secondary N) is 1. The van der Waals surface area contributed by atoms with Crippen LogP contribution in [0.25, 0.3) is 0 Å². The Morgan fingerprint density at radius 3 is 2.37 bits per heavy atom. The molecule has 1 saturated heterocycles. The largest absolute Gasteiger partial charge is 0.457 e. The van der Waals surface area contributed by atoms with Crippen molar-refractivity contribution >= 4 is 5.91 Å². The Labute approximate surface area is 111 Å². The summed E-state index contributed by atoms with van der Waals surface area (Å²) in [5.41, 5.74) is 2.10. The molecule has 2 aliphatic rings. The summed E-state index contributed by atoms with van der Waals surface area (Å²) < 4.78 is 6.01. The maximum absolute atomic E-state index is 12.2. The molecule has 0 aliphatic carbocycles. The second-order valence-electron chi connectivity index (χ2n) is 5.01. The Morgan fingerprint density at radius 2 is 1.58 bits per heavy atom. The Bertz CT molecular complexity index is 665. The van der Waals surface area contributed by atoms with Gasteiger partial charge in [-0.1, -0.05) is 36.4 Å². The van der Waals surface area contributed by atoms with E-state index in [-0.39, 0.29) is 17.7 Å². The molecule has 3 heteroatoms. The molecule has 19 heavy (non-hydrogen) atoms. The molecule has 1 fully saturated rings. The molecule has 94 valence electrons. The van der Waals surface area contributed by atoms with Gasteiger partial charge in [0.05, 0.1) is 5.92 Å². The molecule has 0 saturated carbocycles. The van der Waals surface area contributed by atoms with E-state index in [1.54, 1.807) is 0 Å². The predicted octanol–water partition coefficient (Wildman–Crippen LogP) is 2.79. The molecule has 1 N–H and O–H groups in total. The molecule has 2 aromatic carbocycles. The molecule has 2 aromatic rings. The van der Waals surface area contributed by atoms with Gasteiger partial charge >= 0.3 is 0 Å². The number of carbonyl (C=O) groups is 1. The number of fused-ring (bicyclic) bond motifs is 5. The van der Waals surface area contributed by atoms with Gasteiger partial charge in [-0.25, -0.2) is 0 Å². The van der Waals surface area contributed by atoms with Crippen molar-refractivity contribution in [2.75, 3.05) is 6.54 Å². The van der Waals surface area contributed by atoms with Gasteiger partial charge in [0.2, 0.25) is 5.91 Å². The number of ether oxygens (including phenoxy) is 1. The van der Waals surface area contributed by atoms with E-state index in [9.17, 15) is 4.79 Å². The van der Waals surface area contributed by atoms with Crippen LogP contribution in [0, 0.1) is 0 Å². The zero-order valence-electron chi connectivity index (χ0n) is 10.3. The fraction of sp³-hybridized carbons (Fsp3) is 0.188. The average Bonchev–Trinajstić information content (AvgIpc) is 2.75. The van der Waals surface area contributed by atoms with E-state index in [0.29, 0.717) is 6.54 Å². The van der Waals surface area contributed by atoms with Crippen molar-refractivity contribution in [3.63, 3.8) is 0 Å². The van der Waals surface area contributed by atoms with Crippen LogP contribution in [0.3, 0.4) is 0 Å². The fourth-order valence-electron chi connectivity index (χ4n) is 3.10. The first kappa shape index (κ1) is 10.6. The molecule has 1 amide bonds. The Balaban J connectivity index is 1.98. The van der Waals surface area contributed by atoms with Crippen LogP contribution in [0.15, 0.2) is 48.5 Å². The van der Waals surface area contributed by atoms with Crippen LogP contribution >= 0.6 is 0 Å². The summed E-state index contributed by atoms with van der Waals surface area (Å²) in [6.45, 7) is 0.679. The molecule has 3 nitrogen and oxygen atoms in total. The summed E-state index contributed by atoms with van der Waals surface area (Å²) in [7, 11) is 0. The molecule has 2 aliphatic heterocycles. The highest BCUT2D eigenvalue weighted by Gasteiger charge is 2.41. The number of carbonyl (C=O) groups excluding carboxylic acids is 1. The summed E-state index contributed by atoms with van der Waals surface area (Å²) >= 11 is 0. The van der Waals surface area contributed by atoms with Gasteiger partial charge in [-0.05, 0) is 12.1 Å². The van der Waals surface area contributed by atoms with Crippen molar-refractivity contribution in [2.45, 2.75) is 11.8 Å². The van der Waals surface area contributed by atoms with Crippen LogP contribution in [0.5, 0.6) is 11.5 Å². The first-order valence-electron chi connectivity index (χ1n) is 6.48. The average molecular weight is 251 g/mol. The van der Waals surface area contributed by atoms with Gasteiger partial charge in [0, 0.05) is 23.6 Å². The van der Waals surface area contributed by atoms with Gasteiger partial charge in [0.25, 0.3) is 0 Å². The molecule has 2 heterocycles. The lowest BCUT2D eigenvalue weighted by Crippen LogP contribution is -2.18. The molecule has 0 unspecified atom stereocenters. The van der Waals surface area contributed by atoms with Crippen molar-refractivity contribution in [3.8, 4) is 11.5 Å². The third-order valence-electron chi connectivity index (χ3n) is 3.97. The minimum Gasteiger partial charge on any atom is -0.457 e. The standard InChI is InChI=1S/C16H13NO2/c18-16-15-11-6-2-4-8-14(11)19-13-7-3-1-5-10(13)12(15)9-17-16/h1-8,12,15H,9H2,(H,17,18)/t12-,15-/m1/s1. The third kappa shape index (κ3) is 1.48. The van der Waals surface area contributed by atoms with Crippen LogP contribution in [0.1, 0.15) is 23.0 Å². The van der Waals surface area contributed by atoms with Crippen LogP contribution in [-0.4, -0.2) is 12.5 Å². The predicted molar refractivity (Wildman–Crippen MR) is 71.4 cm³/mol. The number of hydrogen-bond acceptors (Lipinski definition) is 2. The number of benzene rings is 2. The molecular weight excluding hydrogens is 238 g/mol. The Morgan fingerprint density at radius 1 is 0.947 bits per heavy atom. The van der Waals surface area contributed by atoms with E-state index in [0.717, 1.165) is 22.6 Å². The third-order valence-corrected chi connectivity index (χ3v) is 3.97. The van der Waals surface area contributed by atoms with E-state index in [1.165, 1.54) is 0 Å². The number of rotatable bonds is 0. The van der Waals surface area contributed by atoms with Gasteiger partial charge in [-0.15, -0.1) is 0 Å². The molecule has 0 radical (unpaired) electrons. The molecule has 0 bridgehead atoms. The lowest BCUT2D eigenvalue weighted by molar-refractivity contribution is -0.120. The van der Waals surface area contributed by atoms with Crippen LogP contribution in [0.4, 0.5) is 0 Å². The second kappa shape index (κ2) is 3.85. The zero-order chi connectivity index (χ0) is 12.8. The van der Waals surface area contributed by atoms with Crippen LogP contribution in [-0.2, 0) is 4.79 Å². The molecule has 0 aromatic heterocycles. The van der Waals surface area contributed by atoms with Crippen molar-refractivity contribution < 1.29 is 9.53 Å². The van der Waals surface area contributed by atoms with Crippen molar-refractivity contribution in [2.24, 2.45) is 0 Å². The summed E-state index contributed by atoms with van der Waals surface area (Å²) in [4.78, 5) is 12.2. The lowest BCUT2D eigenvalue weighted by atomic mass is 9.84. The second-order valence-corrected chi connectivity index (χ2v) is 5.01. The summed E-state index contributed by atoms with van der Waals surface area (Å²) in [5.74, 6) is 1.77. The van der Waals surface area contributed by atoms with E-state index in [2.05, 4.69) is 11.4 Å². The highest BCUT2D eigenvalue weighted by Crippen LogP contribution is 2.47. The highest BCUT2D eigenvalue weighted by atomic mass is 16.5. The lowest BCUT2D eigenvalue weighted by Gasteiger charge is -2.14. The number of hydrogen-bond donors (Lipinski definition) is 1. The zero-order valence-corrected chi connectivity index (χ0v) is 10.3. The molecule has 0 spiro atoms. The monoisotopic (exact) mass is 251 g/mol. The number of amides is 1. The fourth-order valence-corrected chi connectivity index (χ4v) is 3.10.